The Labute approximate surface area is 249 Å². The topological polar surface area (TPSA) is 12.4 Å². The molecule has 1 nitrogen and oxygen atoms in total. The van der Waals surface area contributed by atoms with Crippen LogP contribution in [0, 0.1) is 0 Å². The van der Waals surface area contributed by atoms with Gasteiger partial charge in [-0.3, -0.25) is 0 Å². The van der Waals surface area contributed by atoms with Crippen molar-refractivity contribution in [2.75, 3.05) is 0 Å². The molecule has 0 saturated heterocycles. The number of hydrogen-bond donors (Lipinski definition) is 0. The van der Waals surface area contributed by atoms with Gasteiger partial charge in [0.2, 0.25) is 0 Å². The second-order valence-corrected chi connectivity index (χ2v) is 10.3. The molecular formula is C41H33N. The first kappa shape index (κ1) is 26.9. The Kier molecular flexibility index (Phi) is 8.59. The predicted octanol–water partition coefficient (Wildman–Crippen LogP) is 10.6. The third kappa shape index (κ3) is 6.71. The van der Waals surface area contributed by atoms with Gasteiger partial charge in [-0.2, -0.15) is 0 Å². The highest BCUT2D eigenvalue weighted by atomic mass is 14.7. The molecule has 6 aromatic carbocycles. The summed E-state index contributed by atoms with van der Waals surface area (Å²) in [6.07, 6.45) is 4.40. The maximum absolute atomic E-state index is 5.02. The second kappa shape index (κ2) is 13.4. The van der Waals surface area contributed by atoms with Gasteiger partial charge in [0.25, 0.3) is 0 Å². The number of para-hydroxylation sites is 1. The molecule has 0 radical (unpaired) electrons. The van der Waals surface area contributed by atoms with Crippen molar-refractivity contribution in [1.29, 1.82) is 0 Å². The summed E-state index contributed by atoms with van der Waals surface area (Å²) in [6, 6.07) is 59.6. The lowest BCUT2D eigenvalue weighted by atomic mass is 9.93. The molecule has 0 amide bonds. The van der Waals surface area contributed by atoms with Gasteiger partial charge < -0.3 is 0 Å². The first-order chi connectivity index (χ1) is 20.8. The summed E-state index contributed by atoms with van der Waals surface area (Å²) in [5, 5.41) is 0. The van der Waals surface area contributed by atoms with Gasteiger partial charge in [-0.1, -0.05) is 164 Å². The molecule has 0 atom stereocenters. The SMILES string of the molecule is C(/CCc1ccccc1)=C(/c1ccccc1)c1ccc(-c2ccc(C(=Nc3ccccc3)c3ccccc3)cc2)cc1. The molecule has 202 valence electrons. The minimum atomic E-state index is 0.946. The van der Waals surface area contributed by atoms with Crippen LogP contribution in [0.25, 0.3) is 16.7 Å². The second-order valence-electron chi connectivity index (χ2n) is 10.3. The standard InChI is InChI=1S/C41H33N/c1-5-14-32(15-6-1)16-13-23-40(35-17-7-2-8-18-35)36-28-24-33(25-29-36)34-26-30-38(31-27-34)41(37-19-9-3-10-20-37)42-39-21-11-4-12-22-39/h1-12,14-15,17-31H,13,16H2/b40-23+,42-41?. The van der Waals surface area contributed by atoms with Crippen LogP contribution in [0.15, 0.2) is 181 Å². The van der Waals surface area contributed by atoms with Crippen LogP contribution in [0.3, 0.4) is 0 Å². The number of aliphatic imine (C=N–C) groups is 1. The van der Waals surface area contributed by atoms with Crippen LogP contribution < -0.4 is 0 Å². The van der Waals surface area contributed by atoms with E-state index in [-0.39, 0.29) is 0 Å². The number of rotatable bonds is 9. The molecule has 0 spiro atoms. The van der Waals surface area contributed by atoms with E-state index in [1.165, 1.54) is 33.4 Å². The first-order valence-electron chi connectivity index (χ1n) is 14.5. The molecule has 0 saturated carbocycles. The lowest BCUT2D eigenvalue weighted by Crippen LogP contribution is -2.02. The van der Waals surface area contributed by atoms with E-state index in [9.17, 15) is 0 Å². The van der Waals surface area contributed by atoms with Crippen LogP contribution in [-0.4, -0.2) is 5.71 Å². The fourth-order valence-electron chi connectivity index (χ4n) is 5.23. The van der Waals surface area contributed by atoms with Gasteiger partial charge in [-0.25, -0.2) is 4.99 Å². The molecule has 42 heavy (non-hydrogen) atoms. The fourth-order valence-corrected chi connectivity index (χ4v) is 5.23. The molecule has 6 rings (SSSR count). The summed E-state index contributed by atoms with van der Waals surface area (Å²) in [6.45, 7) is 0. The molecule has 0 aliphatic heterocycles. The molecule has 0 bridgehead atoms. The Hall–Kier alpha value is -5.27. The Morgan fingerprint density at radius 1 is 0.429 bits per heavy atom. The average Bonchev–Trinajstić information content (AvgIpc) is 3.08. The van der Waals surface area contributed by atoms with Crippen LogP contribution >= 0.6 is 0 Å². The van der Waals surface area contributed by atoms with E-state index in [1.807, 2.05) is 36.4 Å². The lowest BCUT2D eigenvalue weighted by molar-refractivity contribution is 1.00. The van der Waals surface area contributed by atoms with E-state index in [4.69, 9.17) is 4.99 Å². The van der Waals surface area contributed by atoms with Gasteiger partial charge in [-0.05, 0) is 58.4 Å². The zero-order chi connectivity index (χ0) is 28.4. The maximum atomic E-state index is 5.02. The Bertz CT molecular complexity index is 1750. The van der Waals surface area contributed by atoms with Crippen LogP contribution in [0.5, 0.6) is 0 Å². The minimum absolute atomic E-state index is 0.946. The summed E-state index contributed by atoms with van der Waals surface area (Å²) in [4.78, 5) is 5.02. The summed E-state index contributed by atoms with van der Waals surface area (Å²) >= 11 is 0. The van der Waals surface area contributed by atoms with Crippen molar-refractivity contribution in [2.24, 2.45) is 4.99 Å². The van der Waals surface area contributed by atoms with Gasteiger partial charge >= 0.3 is 0 Å². The molecule has 0 N–H and O–H groups in total. The lowest BCUT2D eigenvalue weighted by Gasteiger charge is -2.12. The Morgan fingerprint density at radius 2 is 0.857 bits per heavy atom. The first-order valence-corrected chi connectivity index (χ1v) is 14.5. The zero-order valence-corrected chi connectivity index (χ0v) is 23.6. The molecule has 0 heterocycles. The third-order valence-corrected chi connectivity index (χ3v) is 7.44. The highest BCUT2D eigenvalue weighted by Crippen LogP contribution is 2.28. The Morgan fingerprint density at radius 3 is 1.43 bits per heavy atom. The smallest absolute Gasteiger partial charge is 0.0781 e. The van der Waals surface area contributed by atoms with Crippen LogP contribution in [0.4, 0.5) is 5.69 Å². The number of aryl methyl sites for hydroxylation is 1. The number of hydrogen-bond acceptors (Lipinski definition) is 1. The molecule has 0 fully saturated rings. The van der Waals surface area contributed by atoms with E-state index in [0.29, 0.717) is 0 Å². The molecule has 1 heteroatoms. The predicted molar refractivity (Wildman–Crippen MR) is 178 cm³/mol. The molecule has 0 aromatic heterocycles. The molecule has 0 aliphatic carbocycles. The van der Waals surface area contributed by atoms with E-state index in [0.717, 1.165) is 35.4 Å². The zero-order valence-electron chi connectivity index (χ0n) is 23.6. The van der Waals surface area contributed by atoms with Crippen LogP contribution in [-0.2, 0) is 6.42 Å². The molecule has 6 aromatic rings. The highest BCUT2D eigenvalue weighted by molar-refractivity contribution is 6.14. The Balaban J connectivity index is 1.26. The van der Waals surface area contributed by atoms with Crippen LogP contribution in [0.2, 0.25) is 0 Å². The largest absolute Gasteiger partial charge is 0.248 e. The highest BCUT2D eigenvalue weighted by Gasteiger charge is 2.09. The van der Waals surface area contributed by atoms with Gasteiger partial charge in [0.05, 0.1) is 11.4 Å². The van der Waals surface area contributed by atoms with E-state index < -0.39 is 0 Å². The fraction of sp³-hybridized carbons (Fsp3) is 0.0488. The van der Waals surface area contributed by atoms with Crippen molar-refractivity contribution in [2.45, 2.75) is 12.8 Å². The summed E-state index contributed by atoms with van der Waals surface area (Å²) in [5.41, 5.74) is 11.6. The van der Waals surface area contributed by atoms with Gasteiger partial charge in [0, 0.05) is 11.1 Å². The van der Waals surface area contributed by atoms with E-state index in [2.05, 4.69) is 140 Å². The molecule has 0 unspecified atom stereocenters. The van der Waals surface area contributed by atoms with Crippen molar-refractivity contribution >= 4 is 17.0 Å². The summed E-state index contributed by atoms with van der Waals surface area (Å²) in [5.74, 6) is 0. The van der Waals surface area contributed by atoms with Crippen molar-refractivity contribution in [3.63, 3.8) is 0 Å². The van der Waals surface area contributed by atoms with Gasteiger partial charge in [0.15, 0.2) is 0 Å². The number of nitrogens with zero attached hydrogens (tertiary/aromatic N) is 1. The normalized spacial score (nSPS) is 11.8. The number of benzene rings is 6. The van der Waals surface area contributed by atoms with Crippen molar-refractivity contribution in [1.82, 2.24) is 0 Å². The summed E-state index contributed by atoms with van der Waals surface area (Å²) < 4.78 is 0. The monoisotopic (exact) mass is 539 g/mol. The quantitative estimate of drug-likeness (QED) is 0.162. The number of allylic oxidation sites excluding steroid dienone is 1. The van der Waals surface area contributed by atoms with Crippen molar-refractivity contribution in [3.8, 4) is 11.1 Å². The average molecular weight is 540 g/mol. The summed E-state index contributed by atoms with van der Waals surface area (Å²) in [7, 11) is 0. The third-order valence-electron chi connectivity index (χ3n) is 7.44. The van der Waals surface area contributed by atoms with Gasteiger partial charge in [-0.15, -0.1) is 0 Å². The van der Waals surface area contributed by atoms with Gasteiger partial charge in [0.1, 0.15) is 0 Å². The minimum Gasteiger partial charge on any atom is -0.248 e. The molecular weight excluding hydrogens is 506 g/mol. The van der Waals surface area contributed by atoms with Crippen molar-refractivity contribution in [3.05, 3.63) is 204 Å². The maximum Gasteiger partial charge on any atom is 0.0781 e. The van der Waals surface area contributed by atoms with E-state index >= 15 is 0 Å². The van der Waals surface area contributed by atoms with E-state index in [1.54, 1.807) is 0 Å². The van der Waals surface area contributed by atoms with Crippen LogP contribution in [0.1, 0.15) is 34.2 Å². The molecule has 0 aliphatic rings. The van der Waals surface area contributed by atoms with Crippen molar-refractivity contribution < 1.29 is 0 Å².